The molecule has 0 aliphatic carbocycles. The number of hydrogen-bond acceptors (Lipinski definition) is 3. The zero-order valence-corrected chi connectivity index (χ0v) is 14.8. The van der Waals surface area contributed by atoms with Crippen LogP contribution >= 0.6 is 23.2 Å². The van der Waals surface area contributed by atoms with Gasteiger partial charge >= 0.3 is 5.97 Å². The Morgan fingerprint density at radius 3 is 2.78 bits per heavy atom. The number of ether oxygens (including phenoxy) is 1. The Hall–Kier alpha value is -1.52. The van der Waals surface area contributed by atoms with Gasteiger partial charge in [-0.2, -0.15) is 0 Å². The van der Waals surface area contributed by atoms with E-state index < -0.39 is 11.9 Å². The molecular formula is C17H19Cl2NO3. The van der Waals surface area contributed by atoms with Gasteiger partial charge < -0.3 is 10.1 Å². The van der Waals surface area contributed by atoms with Crippen LogP contribution in [0.15, 0.2) is 29.5 Å². The Morgan fingerprint density at radius 1 is 1.43 bits per heavy atom. The lowest BCUT2D eigenvalue weighted by Gasteiger charge is -2.28. The Bertz CT molecular complexity index is 670. The van der Waals surface area contributed by atoms with Crippen molar-refractivity contribution in [1.29, 1.82) is 0 Å². The van der Waals surface area contributed by atoms with Crippen molar-refractivity contribution in [2.45, 2.75) is 45.6 Å². The first-order valence-electron chi connectivity index (χ1n) is 7.50. The predicted molar refractivity (Wildman–Crippen MR) is 90.5 cm³/mol. The number of carbonyl (C=O) groups excluding carboxylic acids is 2. The molecule has 1 aliphatic heterocycles. The van der Waals surface area contributed by atoms with Gasteiger partial charge in [0, 0.05) is 18.0 Å². The van der Waals surface area contributed by atoms with Crippen LogP contribution in [0.3, 0.4) is 0 Å². The minimum absolute atomic E-state index is 0.127. The van der Waals surface area contributed by atoms with Crippen LogP contribution in [-0.4, -0.2) is 18.0 Å². The first-order valence-corrected chi connectivity index (χ1v) is 8.26. The molecule has 2 atom stereocenters. The SMILES string of the molecule is CCC(C)OC(=O)C1=C(C)NC(=O)CC1c1cccc(Cl)c1Cl. The molecule has 0 radical (unpaired) electrons. The van der Waals surface area contributed by atoms with Crippen molar-refractivity contribution in [3.63, 3.8) is 0 Å². The highest BCUT2D eigenvalue weighted by Gasteiger charge is 2.34. The molecule has 0 fully saturated rings. The number of amides is 1. The smallest absolute Gasteiger partial charge is 0.336 e. The molecule has 0 spiro atoms. The minimum atomic E-state index is -0.466. The number of allylic oxidation sites excluding steroid dienone is 1. The van der Waals surface area contributed by atoms with E-state index >= 15 is 0 Å². The van der Waals surface area contributed by atoms with Crippen molar-refractivity contribution >= 4 is 35.1 Å². The summed E-state index contributed by atoms with van der Waals surface area (Å²) in [6.07, 6.45) is 0.644. The zero-order valence-electron chi connectivity index (χ0n) is 13.3. The lowest BCUT2D eigenvalue weighted by atomic mass is 9.84. The van der Waals surface area contributed by atoms with Gasteiger partial charge in [0.25, 0.3) is 0 Å². The third kappa shape index (κ3) is 3.88. The summed E-state index contributed by atoms with van der Waals surface area (Å²) in [4.78, 5) is 24.5. The summed E-state index contributed by atoms with van der Waals surface area (Å²) < 4.78 is 5.44. The summed E-state index contributed by atoms with van der Waals surface area (Å²) in [6, 6.07) is 5.20. The number of rotatable bonds is 4. The Morgan fingerprint density at radius 2 is 2.13 bits per heavy atom. The largest absolute Gasteiger partial charge is 0.459 e. The fraction of sp³-hybridized carbons (Fsp3) is 0.412. The molecule has 6 heteroatoms. The average molecular weight is 356 g/mol. The number of esters is 1. The van der Waals surface area contributed by atoms with Crippen LogP contribution in [0.1, 0.15) is 45.1 Å². The maximum absolute atomic E-state index is 12.6. The van der Waals surface area contributed by atoms with Crippen molar-refractivity contribution in [3.05, 3.63) is 45.1 Å². The summed E-state index contributed by atoms with van der Waals surface area (Å²) in [5.41, 5.74) is 1.58. The number of hydrogen-bond donors (Lipinski definition) is 1. The predicted octanol–water partition coefficient (Wildman–Crippen LogP) is 4.21. The molecule has 0 aromatic heterocycles. The highest BCUT2D eigenvalue weighted by atomic mass is 35.5. The summed E-state index contributed by atoms with van der Waals surface area (Å²) in [5, 5.41) is 3.45. The Kier molecular flexibility index (Phi) is 5.71. The highest BCUT2D eigenvalue weighted by Crippen LogP contribution is 2.39. The summed E-state index contributed by atoms with van der Waals surface area (Å²) in [6.45, 7) is 5.46. The van der Waals surface area contributed by atoms with E-state index in [0.29, 0.717) is 33.3 Å². The van der Waals surface area contributed by atoms with Crippen LogP contribution in [0.2, 0.25) is 10.0 Å². The minimum Gasteiger partial charge on any atom is -0.459 e. The molecule has 0 bridgehead atoms. The lowest BCUT2D eigenvalue weighted by Crippen LogP contribution is -2.35. The number of carbonyl (C=O) groups is 2. The van der Waals surface area contributed by atoms with Gasteiger partial charge in [-0.15, -0.1) is 0 Å². The molecule has 2 unspecified atom stereocenters. The van der Waals surface area contributed by atoms with Crippen LogP contribution in [0.25, 0.3) is 0 Å². The molecule has 0 saturated heterocycles. The van der Waals surface area contributed by atoms with E-state index in [4.69, 9.17) is 27.9 Å². The van der Waals surface area contributed by atoms with E-state index in [-0.39, 0.29) is 18.4 Å². The first kappa shape index (κ1) is 17.8. The summed E-state index contributed by atoms with van der Waals surface area (Å²) in [5.74, 6) is -1.06. The normalized spacial score (nSPS) is 19.3. The van der Waals surface area contributed by atoms with E-state index in [0.717, 1.165) is 0 Å². The molecule has 124 valence electrons. The van der Waals surface area contributed by atoms with E-state index in [1.807, 2.05) is 13.8 Å². The maximum atomic E-state index is 12.6. The van der Waals surface area contributed by atoms with Gasteiger partial charge in [-0.1, -0.05) is 42.3 Å². The van der Waals surface area contributed by atoms with Crippen LogP contribution in [0.5, 0.6) is 0 Å². The third-order valence-electron chi connectivity index (χ3n) is 3.93. The monoisotopic (exact) mass is 355 g/mol. The fourth-order valence-electron chi connectivity index (χ4n) is 2.56. The van der Waals surface area contributed by atoms with Crippen LogP contribution in [0.4, 0.5) is 0 Å². The van der Waals surface area contributed by atoms with Gasteiger partial charge in [0.15, 0.2) is 0 Å². The van der Waals surface area contributed by atoms with Gasteiger partial charge in [-0.05, 0) is 31.9 Å². The molecule has 1 aliphatic rings. The molecular weight excluding hydrogens is 337 g/mol. The van der Waals surface area contributed by atoms with E-state index in [9.17, 15) is 9.59 Å². The fourth-order valence-corrected chi connectivity index (χ4v) is 3.00. The van der Waals surface area contributed by atoms with Crippen LogP contribution in [0, 0.1) is 0 Å². The van der Waals surface area contributed by atoms with E-state index in [1.165, 1.54) is 0 Å². The van der Waals surface area contributed by atoms with Crippen molar-refractivity contribution < 1.29 is 14.3 Å². The van der Waals surface area contributed by atoms with Crippen molar-refractivity contribution in [1.82, 2.24) is 5.32 Å². The second-order valence-corrected chi connectivity index (χ2v) is 6.40. The average Bonchev–Trinajstić information content (AvgIpc) is 2.48. The van der Waals surface area contributed by atoms with Gasteiger partial charge in [-0.3, -0.25) is 4.79 Å². The summed E-state index contributed by atoms with van der Waals surface area (Å²) >= 11 is 12.4. The van der Waals surface area contributed by atoms with Crippen molar-refractivity contribution in [2.24, 2.45) is 0 Å². The molecule has 1 heterocycles. The molecule has 2 rings (SSSR count). The van der Waals surface area contributed by atoms with E-state index in [1.54, 1.807) is 25.1 Å². The third-order valence-corrected chi connectivity index (χ3v) is 4.76. The topological polar surface area (TPSA) is 55.4 Å². The Balaban J connectivity index is 2.46. The molecule has 0 saturated carbocycles. The summed E-state index contributed by atoms with van der Waals surface area (Å²) in [7, 11) is 0. The van der Waals surface area contributed by atoms with Gasteiger partial charge in [-0.25, -0.2) is 4.79 Å². The van der Waals surface area contributed by atoms with Crippen LogP contribution in [-0.2, 0) is 14.3 Å². The number of nitrogens with one attached hydrogen (secondary N) is 1. The lowest BCUT2D eigenvalue weighted by molar-refractivity contribution is -0.144. The molecule has 1 aromatic rings. The first-order chi connectivity index (χ1) is 10.8. The molecule has 1 aromatic carbocycles. The molecule has 1 N–H and O–H groups in total. The van der Waals surface area contributed by atoms with Gasteiger partial charge in [0.2, 0.25) is 5.91 Å². The van der Waals surface area contributed by atoms with Crippen molar-refractivity contribution in [2.75, 3.05) is 0 Å². The van der Waals surface area contributed by atoms with E-state index in [2.05, 4.69) is 5.32 Å². The van der Waals surface area contributed by atoms with Crippen molar-refractivity contribution in [3.8, 4) is 0 Å². The molecule has 23 heavy (non-hydrogen) atoms. The Labute approximate surface area is 145 Å². The molecule has 1 amide bonds. The number of halogens is 2. The molecule has 4 nitrogen and oxygen atoms in total. The van der Waals surface area contributed by atoms with Crippen LogP contribution < -0.4 is 5.32 Å². The quantitative estimate of drug-likeness (QED) is 0.822. The van der Waals surface area contributed by atoms with Gasteiger partial charge in [0.05, 0.1) is 21.7 Å². The zero-order chi connectivity index (χ0) is 17.1. The van der Waals surface area contributed by atoms with Gasteiger partial charge in [0.1, 0.15) is 0 Å². The second-order valence-electron chi connectivity index (χ2n) is 5.61. The number of benzene rings is 1. The standard InChI is InChI=1S/C17H19Cl2NO3/c1-4-9(2)23-17(22)15-10(3)20-14(21)8-12(15)11-6-5-7-13(18)16(11)19/h5-7,9,12H,4,8H2,1-3H3,(H,20,21). The maximum Gasteiger partial charge on any atom is 0.336 e. The highest BCUT2D eigenvalue weighted by molar-refractivity contribution is 6.42. The second kappa shape index (κ2) is 7.37.